The van der Waals surface area contributed by atoms with Crippen molar-refractivity contribution in [2.75, 3.05) is 5.32 Å². The topological polar surface area (TPSA) is 121 Å². The van der Waals surface area contributed by atoms with Gasteiger partial charge in [0, 0.05) is 23.7 Å². The third kappa shape index (κ3) is 4.40. The molecule has 31 heavy (non-hydrogen) atoms. The van der Waals surface area contributed by atoms with Crippen LogP contribution in [0.2, 0.25) is 0 Å². The third-order valence-electron chi connectivity index (χ3n) is 5.24. The van der Waals surface area contributed by atoms with E-state index in [-0.39, 0.29) is 41.3 Å². The number of benzene rings is 2. The summed E-state index contributed by atoms with van der Waals surface area (Å²) in [6.07, 6.45) is 1.96. The van der Waals surface area contributed by atoms with Crippen LogP contribution < -0.4 is 10.9 Å². The molecule has 1 aromatic heterocycles. The summed E-state index contributed by atoms with van der Waals surface area (Å²) in [7, 11) is 0. The Labute approximate surface area is 178 Å². The zero-order valence-electron chi connectivity index (χ0n) is 17.3. The first-order valence-corrected chi connectivity index (χ1v) is 10.2. The number of nitro benzene ring substituents is 1. The van der Waals surface area contributed by atoms with Crippen LogP contribution in [0.3, 0.4) is 0 Å². The largest absolute Gasteiger partial charge is 0.377 e. The lowest BCUT2D eigenvalue weighted by Gasteiger charge is -2.26. The van der Waals surface area contributed by atoms with Gasteiger partial charge in [-0.05, 0) is 51.0 Å². The number of para-hydroxylation sites is 1. The summed E-state index contributed by atoms with van der Waals surface area (Å²) < 4.78 is 0. The highest BCUT2D eigenvalue weighted by atomic mass is 16.6. The number of hydrogen-bond acceptors (Lipinski definition) is 6. The first-order valence-electron chi connectivity index (χ1n) is 10.2. The van der Waals surface area contributed by atoms with Gasteiger partial charge in [-0.15, -0.1) is 0 Å². The fourth-order valence-corrected chi connectivity index (χ4v) is 3.41. The molecule has 1 aliphatic rings. The predicted molar refractivity (Wildman–Crippen MR) is 117 cm³/mol. The number of aromatic nitrogens is 2. The number of amides is 1. The summed E-state index contributed by atoms with van der Waals surface area (Å²) in [5.74, 6) is -0.0147. The summed E-state index contributed by atoms with van der Waals surface area (Å²) in [6, 6.07) is 11.5. The number of H-pyrrole nitrogens is 1. The van der Waals surface area contributed by atoms with Crippen molar-refractivity contribution in [3.8, 4) is 0 Å². The standard InChI is InChI=1S/C22H23N5O4/c1-13(2)26(12-20-24-17-6-4-3-5-16(17)21(28)25-20)22(29)14-7-10-18(23-15-8-9-15)19(11-14)27(30)31/h3-7,10-11,13,15,23H,8-9,12H2,1-2H3,(H,24,25,28). The number of nitro groups is 1. The van der Waals surface area contributed by atoms with Crippen molar-refractivity contribution in [1.29, 1.82) is 0 Å². The second-order valence-corrected chi connectivity index (χ2v) is 7.96. The van der Waals surface area contributed by atoms with Gasteiger partial charge in [0.1, 0.15) is 11.5 Å². The van der Waals surface area contributed by atoms with Gasteiger partial charge in [-0.25, -0.2) is 4.98 Å². The van der Waals surface area contributed by atoms with Gasteiger partial charge in [0.05, 0.1) is 22.4 Å². The summed E-state index contributed by atoms with van der Waals surface area (Å²) in [5, 5.41) is 15.2. The summed E-state index contributed by atoms with van der Waals surface area (Å²) in [4.78, 5) is 45.4. The Balaban J connectivity index is 1.64. The van der Waals surface area contributed by atoms with Crippen molar-refractivity contribution >= 4 is 28.2 Å². The molecule has 0 unspecified atom stereocenters. The van der Waals surface area contributed by atoms with Crippen molar-refractivity contribution in [2.45, 2.75) is 45.3 Å². The highest BCUT2D eigenvalue weighted by molar-refractivity contribution is 5.96. The smallest absolute Gasteiger partial charge is 0.293 e. The average Bonchev–Trinajstić information content (AvgIpc) is 3.55. The lowest BCUT2D eigenvalue weighted by atomic mass is 10.1. The second-order valence-electron chi connectivity index (χ2n) is 7.96. The number of fused-ring (bicyclic) bond motifs is 1. The van der Waals surface area contributed by atoms with Gasteiger partial charge in [0.2, 0.25) is 0 Å². The fraction of sp³-hybridized carbons (Fsp3) is 0.318. The molecule has 1 amide bonds. The van der Waals surface area contributed by atoms with Crippen LogP contribution in [-0.4, -0.2) is 37.8 Å². The first-order chi connectivity index (χ1) is 14.8. The number of rotatable bonds is 7. The molecule has 0 bridgehead atoms. The predicted octanol–water partition coefficient (Wildman–Crippen LogP) is 3.46. The third-order valence-corrected chi connectivity index (χ3v) is 5.24. The van der Waals surface area contributed by atoms with Crippen LogP contribution in [0.25, 0.3) is 10.9 Å². The molecule has 9 heteroatoms. The van der Waals surface area contributed by atoms with Crippen LogP contribution >= 0.6 is 0 Å². The van der Waals surface area contributed by atoms with E-state index in [0.29, 0.717) is 22.4 Å². The van der Waals surface area contributed by atoms with Crippen molar-refractivity contribution in [3.63, 3.8) is 0 Å². The number of aromatic amines is 1. The maximum Gasteiger partial charge on any atom is 0.293 e. The Kier molecular flexibility index (Phi) is 5.41. The van der Waals surface area contributed by atoms with Crippen LogP contribution in [0.4, 0.5) is 11.4 Å². The summed E-state index contributed by atoms with van der Waals surface area (Å²) >= 11 is 0. The molecule has 1 fully saturated rings. The van der Waals surface area contributed by atoms with Gasteiger partial charge in [-0.1, -0.05) is 12.1 Å². The van der Waals surface area contributed by atoms with E-state index in [0.717, 1.165) is 12.8 Å². The Hall–Kier alpha value is -3.75. The van der Waals surface area contributed by atoms with E-state index in [1.807, 2.05) is 13.8 Å². The van der Waals surface area contributed by atoms with E-state index in [9.17, 15) is 19.7 Å². The summed E-state index contributed by atoms with van der Waals surface area (Å²) in [5.41, 5.74) is 0.774. The van der Waals surface area contributed by atoms with Gasteiger partial charge < -0.3 is 15.2 Å². The molecule has 0 aliphatic heterocycles. The molecule has 1 saturated carbocycles. The zero-order chi connectivity index (χ0) is 22.1. The molecule has 0 radical (unpaired) electrons. The van der Waals surface area contributed by atoms with Gasteiger partial charge in [-0.2, -0.15) is 0 Å². The Morgan fingerprint density at radius 1 is 1.29 bits per heavy atom. The molecule has 9 nitrogen and oxygen atoms in total. The lowest BCUT2D eigenvalue weighted by molar-refractivity contribution is -0.384. The van der Waals surface area contributed by atoms with Crippen LogP contribution in [0.5, 0.6) is 0 Å². The van der Waals surface area contributed by atoms with Crippen molar-refractivity contribution in [3.05, 3.63) is 74.3 Å². The van der Waals surface area contributed by atoms with Gasteiger partial charge in [0.15, 0.2) is 0 Å². The van der Waals surface area contributed by atoms with Crippen molar-refractivity contribution in [2.24, 2.45) is 0 Å². The van der Waals surface area contributed by atoms with E-state index in [1.165, 1.54) is 11.0 Å². The fourth-order valence-electron chi connectivity index (χ4n) is 3.41. The molecule has 4 rings (SSSR count). The maximum atomic E-state index is 13.2. The number of carbonyl (C=O) groups excluding carboxylic acids is 1. The molecule has 1 heterocycles. The number of nitrogens with one attached hydrogen (secondary N) is 2. The number of nitrogens with zero attached hydrogens (tertiary/aromatic N) is 3. The minimum atomic E-state index is -0.483. The van der Waals surface area contributed by atoms with Crippen LogP contribution in [0.15, 0.2) is 47.3 Å². The van der Waals surface area contributed by atoms with E-state index in [4.69, 9.17) is 0 Å². The Morgan fingerprint density at radius 2 is 2.03 bits per heavy atom. The SMILES string of the molecule is CC(C)N(Cc1nc2ccccc2c(=O)[nH]1)C(=O)c1ccc(NC2CC2)c([N+](=O)[O-])c1. The molecule has 0 atom stereocenters. The van der Waals surface area contributed by atoms with Crippen LogP contribution in [0.1, 0.15) is 42.9 Å². The van der Waals surface area contributed by atoms with E-state index >= 15 is 0 Å². The van der Waals surface area contributed by atoms with Gasteiger partial charge in [-0.3, -0.25) is 19.7 Å². The van der Waals surface area contributed by atoms with Crippen molar-refractivity contribution < 1.29 is 9.72 Å². The highest BCUT2D eigenvalue weighted by Crippen LogP contribution is 2.32. The zero-order valence-corrected chi connectivity index (χ0v) is 17.3. The van der Waals surface area contributed by atoms with E-state index in [1.54, 1.807) is 36.4 Å². The molecule has 3 aromatic rings. The normalized spacial score (nSPS) is 13.4. The quantitative estimate of drug-likeness (QED) is 0.445. The molecule has 0 spiro atoms. The molecule has 2 N–H and O–H groups in total. The molecular weight excluding hydrogens is 398 g/mol. The lowest BCUT2D eigenvalue weighted by Crippen LogP contribution is -2.37. The minimum Gasteiger partial charge on any atom is -0.377 e. The molecule has 160 valence electrons. The summed E-state index contributed by atoms with van der Waals surface area (Å²) in [6.45, 7) is 3.76. The van der Waals surface area contributed by atoms with Crippen LogP contribution in [-0.2, 0) is 6.54 Å². The first kappa shape index (κ1) is 20.5. The molecule has 1 aliphatic carbocycles. The van der Waals surface area contributed by atoms with Gasteiger partial charge >= 0.3 is 0 Å². The van der Waals surface area contributed by atoms with Crippen LogP contribution in [0, 0.1) is 10.1 Å². The number of hydrogen-bond donors (Lipinski definition) is 2. The minimum absolute atomic E-state index is 0.0758. The number of anilines is 1. The van der Waals surface area contributed by atoms with Crippen molar-refractivity contribution in [1.82, 2.24) is 14.9 Å². The van der Waals surface area contributed by atoms with E-state index in [2.05, 4.69) is 15.3 Å². The molecule has 0 saturated heterocycles. The Bertz CT molecular complexity index is 1220. The van der Waals surface area contributed by atoms with Gasteiger partial charge in [0.25, 0.3) is 17.2 Å². The molecule has 2 aromatic carbocycles. The maximum absolute atomic E-state index is 13.2. The Morgan fingerprint density at radius 3 is 2.71 bits per heavy atom. The monoisotopic (exact) mass is 421 g/mol. The number of carbonyl (C=O) groups is 1. The molecular formula is C22H23N5O4. The van der Waals surface area contributed by atoms with E-state index < -0.39 is 4.92 Å². The average molecular weight is 421 g/mol. The highest BCUT2D eigenvalue weighted by Gasteiger charge is 2.27. The second kappa shape index (κ2) is 8.17.